The maximum absolute atomic E-state index is 11.7. The fourth-order valence-electron chi connectivity index (χ4n) is 2.14. The molecule has 3 rings (SSSR count). The number of pyridine rings is 1. The van der Waals surface area contributed by atoms with Crippen molar-refractivity contribution in [3.8, 4) is 5.69 Å². The number of hydrogen-bond donors (Lipinski definition) is 3. The highest BCUT2D eigenvalue weighted by molar-refractivity contribution is 5.98. The van der Waals surface area contributed by atoms with E-state index in [1.54, 1.807) is 29.2 Å². The number of aliphatic hydroxyl groups is 1. The van der Waals surface area contributed by atoms with Gasteiger partial charge in [-0.2, -0.15) is 0 Å². The number of benzene rings is 1. The Morgan fingerprint density at radius 2 is 2.04 bits per heavy atom. The Kier molecular flexibility index (Phi) is 4.03. The Hall–Kier alpha value is -3.19. The fourth-order valence-corrected chi connectivity index (χ4v) is 2.14. The SMILES string of the molecule is NC(=O)c1cn(-c2ccccc2)nc1Nc1ccnc(CO)c1. The van der Waals surface area contributed by atoms with Crippen LogP contribution >= 0.6 is 0 Å². The van der Waals surface area contributed by atoms with Gasteiger partial charge in [0.15, 0.2) is 5.82 Å². The van der Waals surface area contributed by atoms with E-state index in [0.29, 0.717) is 17.2 Å². The topological polar surface area (TPSA) is 106 Å². The highest BCUT2D eigenvalue weighted by Crippen LogP contribution is 2.21. The molecule has 0 radical (unpaired) electrons. The predicted molar refractivity (Wildman–Crippen MR) is 85.5 cm³/mol. The molecule has 0 saturated carbocycles. The molecular formula is C16H15N5O2. The van der Waals surface area contributed by atoms with Gasteiger partial charge in [-0.25, -0.2) is 4.68 Å². The van der Waals surface area contributed by atoms with Crippen LogP contribution in [0.5, 0.6) is 0 Å². The highest BCUT2D eigenvalue weighted by Gasteiger charge is 2.15. The van der Waals surface area contributed by atoms with E-state index in [1.165, 1.54) is 0 Å². The van der Waals surface area contributed by atoms with Gasteiger partial charge in [-0.05, 0) is 24.3 Å². The van der Waals surface area contributed by atoms with Crippen LogP contribution in [0.2, 0.25) is 0 Å². The number of amides is 1. The summed E-state index contributed by atoms with van der Waals surface area (Å²) >= 11 is 0. The number of aromatic nitrogens is 3. The third-order valence-corrected chi connectivity index (χ3v) is 3.24. The summed E-state index contributed by atoms with van der Waals surface area (Å²) in [6.07, 6.45) is 3.14. The molecule has 1 amide bonds. The van der Waals surface area contributed by atoms with E-state index in [-0.39, 0.29) is 12.2 Å². The Balaban J connectivity index is 1.97. The summed E-state index contributed by atoms with van der Waals surface area (Å²) in [5.74, 6) is -0.234. The number of hydrogen-bond acceptors (Lipinski definition) is 5. The first-order chi connectivity index (χ1) is 11.2. The first-order valence-electron chi connectivity index (χ1n) is 6.95. The summed E-state index contributed by atoms with van der Waals surface area (Å²) in [6, 6.07) is 12.8. The zero-order chi connectivity index (χ0) is 16.2. The van der Waals surface area contributed by atoms with Gasteiger partial charge in [-0.3, -0.25) is 9.78 Å². The summed E-state index contributed by atoms with van der Waals surface area (Å²) in [7, 11) is 0. The summed E-state index contributed by atoms with van der Waals surface area (Å²) in [6.45, 7) is -0.170. The van der Waals surface area contributed by atoms with E-state index in [9.17, 15) is 4.79 Å². The van der Waals surface area contributed by atoms with E-state index in [2.05, 4.69) is 15.4 Å². The van der Waals surface area contributed by atoms with Gasteiger partial charge >= 0.3 is 0 Å². The average molecular weight is 309 g/mol. The van der Waals surface area contributed by atoms with Crippen molar-refractivity contribution in [3.63, 3.8) is 0 Å². The first kappa shape index (κ1) is 14.7. The molecule has 23 heavy (non-hydrogen) atoms. The van der Waals surface area contributed by atoms with Crippen molar-refractivity contribution in [2.75, 3.05) is 5.32 Å². The molecule has 0 aliphatic rings. The second-order valence-corrected chi connectivity index (χ2v) is 4.85. The van der Waals surface area contributed by atoms with Crippen LogP contribution in [0.1, 0.15) is 16.1 Å². The van der Waals surface area contributed by atoms with Crippen LogP contribution in [0.15, 0.2) is 54.9 Å². The number of rotatable bonds is 5. The number of primary amides is 1. The molecule has 3 aromatic rings. The van der Waals surface area contributed by atoms with Gasteiger partial charge in [0.1, 0.15) is 5.56 Å². The third kappa shape index (κ3) is 3.19. The average Bonchev–Trinajstić information content (AvgIpc) is 3.00. The van der Waals surface area contributed by atoms with Crippen LogP contribution in [0, 0.1) is 0 Å². The molecule has 0 aliphatic carbocycles. The number of nitrogens with zero attached hydrogens (tertiary/aromatic N) is 3. The summed E-state index contributed by atoms with van der Waals surface area (Å²) in [5.41, 5.74) is 7.69. The summed E-state index contributed by atoms with van der Waals surface area (Å²) in [4.78, 5) is 15.7. The molecular weight excluding hydrogens is 294 g/mol. The molecule has 0 spiro atoms. The maximum atomic E-state index is 11.7. The number of carbonyl (C=O) groups is 1. The monoisotopic (exact) mass is 309 g/mol. The van der Waals surface area contributed by atoms with Gasteiger partial charge in [0.25, 0.3) is 5.91 Å². The van der Waals surface area contributed by atoms with E-state index >= 15 is 0 Å². The molecule has 7 nitrogen and oxygen atoms in total. The zero-order valence-corrected chi connectivity index (χ0v) is 12.2. The Labute approximate surface area is 132 Å². The molecule has 2 aromatic heterocycles. The number of nitrogens with two attached hydrogens (primary N) is 1. The quantitative estimate of drug-likeness (QED) is 0.664. The molecule has 1 aromatic carbocycles. The summed E-state index contributed by atoms with van der Waals surface area (Å²) in [5, 5.41) is 16.5. The minimum atomic E-state index is -0.578. The minimum absolute atomic E-state index is 0.170. The molecule has 0 fully saturated rings. The van der Waals surface area contributed by atoms with Crippen molar-refractivity contribution in [3.05, 3.63) is 66.1 Å². The number of para-hydroxylation sites is 1. The van der Waals surface area contributed by atoms with Gasteiger partial charge in [-0.15, -0.1) is 5.10 Å². The molecule has 0 atom stereocenters. The van der Waals surface area contributed by atoms with E-state index < -0.39 is 5.91 Å². The minimum Gasteiger partial charge on any atom is -0.390 e. The maximum Gasteiger partial charge on any atom is 0.254 e. The lowest BCUT2D eigenvalue weighted by Crippen LogP contribution is -2.12. The number of nitrogens with one attached hydrogen (secondary N) is 1. The van der Waals surface area contributed by atoms with E-state index in [0.717, 1.165) is 5.69 Å². The fraction of sp³-hybridized carbons (Fsp3) is 0.0625. The van der Waals surface area contributed by atoms with Gasteiger partial charge < -0.3 is 16.2 Å². The van der Waals surface area contributed by atoms with Crippen LogP contribution < -0.4 is 11.1 Å². The van der Waals surface area contributed by atoms with Crippen molar-refractivity contribution >= 4 is 17.4 Å². The summed E-state index contributed by atoms with van der Waals surface area (Å²) < 4.78 is 1.58. The third-order valence-electron chi connectivity index (χ3n) is 3.24. The van der Waals surface area contributed by atoms with Crippen molar-refractivity contribution < 1.29 is 9.90 Å². The van der Waals surface area contributed by atoms with Gasteiger partial charge in [0.05, 0.1) is 18.0 Å². The Bertz CT molecular complexity index is 829. The first-order valence-corrected chi connectivity index (χ1v) is 6.95. The lowest BCUT2D eigenvalue weighted by Gasteiger charge is -2.05. The second kappa shape index (κ2) is 6.29. The number of anilines is 2. The van der Waals surface area contributed by atoms with Crippen molar-refractivity contribution in [1.82, 2.24) is 14.8 Å². The Morgan fingerprint density at radius 1 is 1.26 bits per heavy atom. The van der Waals surface area contributed by atoms with Crippen LogP contribution in [0.4, 0.5) is 11.5 Å². The van der Waals surface area contributed by atoms with Crippen LogP contribution in [-0.2, 0) is 6.61 Å². The normalized spacial score (nSPS) is 10.5. The molecule has 116 valence electrons. The van der Waals surface area contributed by atoms with Gasteiger partial charge in [-0.1, -0.05) is 18.2 Å². The van der Waals surface area contributed by atoms with Crippen LogP contribution in [0.3, 0.4) is 0 Å². The van der Waals surface area contributed by atoms with Crippen molar-refractivity contribution in [2.45, 2.75) is 6.61 Å². The van der Waals surface area contributed by atoms with Crippen molar-refractivity contribution in [2.24, 2.45) is 5.73 Å². The standard InChI is InChI=1S/C16H15N5O2/c17-15(23)14-9-21(13-4-2-1-3-5-13)20-16(14)19-11-6-7-18-12(8-11)10-22/h1-9,22H,10H2,(H2,17,23)(H,18,19,20). The molecule has 7 heteroatoms. The van der Waals surface area contributed by atoms with Crippen molar-refractivity contribution in [1.29, 1.82) is 0 Å². The second-order valence-electron chi connectivity index (χ2n) is 4.85. The Morgan fingerprint density at radius 3 is 2.74 bits per heavy atom. The lowest BCUT2D eigenvalue weighted by molar-refractivity contribution is 0.100. The molecule has 2 heterocycles. The molecule has 0 aliphatic heterocycles. The molecule has 4 N–H and O–H groups in total. The predicted octanol–water partition coefficient (Wildman–Crippen LogP) is 1.60. The number of carbonyl (C=O) groups excluding carboxylic acids is 1. The number of aliphatic hydroxyl groups excluding tert-OH is 1. The van der Waals surface area contributed by atoms with Crippen LogP contribution in [0.25, 0.3) is 5.69 Å². The van der Waals surface area contributed by atoms with E-state index in [1.807, 2.05) is 30.3 Å². The molecule has 0 unspecified atom stereocenters. The molecule has 0 saturated heterocycles. The van der Waals surface area contributed by atoms with Crippen LogP contribution in [-0.4, -0.2) is 25.8 Å². The smallest absolute Gasteiger partial charge is 0.254 e. The van der Waals surface area contributed by atoms with Gasteiger partial charge in [0.2, 0.25) is 0 Å². The van der Waals surface area contributed by atoms with Gasteiger partial charge in [0, 0.05) is 18.1 Å². The lowest BCUT2D eigenvalue weighted by atomic mass is 10.3. The largest absolute Gasteiger partial charge is 0.390 e. The highest BCUT2D eigenvalue weighted by atomic mass is 16.3. The molecule has 0 bridgehead atoms. The van der Waals surface area contributed by atoms with E-state index in [4.69, 9.17) is 10.8 Å². The zero-order valence-electron chi connectivity index (χ0n) is 12.2.